The van der Waals surface area contributed by atoms with Crippen LogP contribution in [-0.4, -0.2) is 17.8 Å². The van der Waals surface area contributed by atoms with E-state index >= 15 is 0 Å². The van der Waals surface area contributed by atoms with Crippen molar-refractivity contribution >= 4 is 22.7 Å². The van der Waals surface area contributed by atoms with Gasteiger partial charge in [0.1, 0.15) is 5.75 Å². The Kier molecular flexibility index (Phi) is 6.22. The number of thiazole rings is 1. The summed E-state index contributed by atoms with van der Waals surface area (Å²) in [6, 6.07) is 7.94. The van der Waals surface area contributed by atoms with Gasteiger partial charge < -0.3 is 4.74 Å². The third kappa shape index (κ3) is 5.55. The third-order valence-electron chi connectivity index (χ3n) is 2.87. The molecule has 0 spiro atoms. The lowest BCUT2D eigenvalue weighted by Gasteiger charge is -2.06. The van der Waals surface area contributed by atoms with Gasteiger partial charge in [-0.05, 0) is 31.0 Å². The van der Waals surface area contributed by atoms with Crippen LogP contribution >= 0.6 is 11.3 Å². The molecule has 1 aromatic heterocycles. The predicted molar refractivity (Wildman–Crippen MR) is 89.5 cm³/mol. The molecule has 0 aliphatic heterocycles. The van der Waals surface area contributed by atoms with E-state index in [0.29, 0.717) is 0 Å². The number of nitrogens with zero attached hydrogens (tertiary/aromatic N) is 2. The second kappa shape index (κ2) is 8.42. The molecule has 2 aromatic rings. The van der Waals surface area contributed by atoms with Crippen LogP contribution in [0.1, 0.15) is 37.4 Å². The fourth-order valence-electron chi connectivity index (χ4n) is 1.79. The largest absolute Gasteiger partial charge is 0.494 e. The van der Waals surface area contributed by atoms with Crippen molar-refractivity contribution in [1.29, 1.82) is 0 Å². The molecule has 1 N–H and O–H groups in total. The number of hydrogen-bond donors (Lipinski definition) is 1. The summed E-state index contributed by atoms with van der Waals surface area (Å²) in [4.78, 5) is 4.29. The van der Waals surface area contributed by atoms with E-state index < -0.39 is 0 Å². The molecule has 0 saturated heterocycles. The molecule has 1 heterocycles. The van der Waals surface area contributed by atoms with E-state index in [1.807, 2.05) is 36.6 Å². The summed E-state index contributed by atoms with van der Waals surface area (Å²) in [7, 11) is 0. The summed E-state index contributed by atoms with van der Waals surface area (Å²) in [5.74, 6) is 0.889. The van der Waals surface area contributed by atoms with Crippen molar-refractivity contribution in [2.75, 3.05) is 12.0 Å². The summed E-state index contributed by atoms with van der Waals surface area (Å²) < 4.78 is 5.72. The molecule has 0 fully saturated rings. The zero-order valence-electron chi connectivity index (χ0n) is 12.5. The van der Waals surface area contributed by atoms with Crippen LogP contribution in [0.2, 0.25) is 0 Å². The van der Waals surface area contributed by atoms with Crippen LogP contribution in [0.3, 0.4) is 0 Å². The molecular formula is C16H21N3OS. The van der Waals surface area contributed by atoms with Gasteiger partial charge in [0.05, 0.1) is 18.5 Å². The first-order valence-corrected chi connectivity index (χ1v) is 8.10. The van der Waals surface area contributed by atoms with Gasteiger partial charge in [-0.1, -0.05) is 31.9 Å². The lowest BCUT2D eigenvalue weighted by Crippen LogP contribution is -1.97. The molecule has 1 aromatic carbocycles. The molecule has 4 nitrogen and oxygen atoms in total. The maximum Gasteiger partial charge on any atom is 0.203 e. The number of hydrazone groups is 1. The summed E-state index contributed by atoms with van der Waals surface area (Å²) in [6.07, 6.45) is 5.28. The van der Waals surface area contributed by atoms with Crippen molar-refractivity contribution in [1.82, 2.24) is 4.98 Å². The van der Waals surface area contributed by atoms with Gasteiger partial charge in [-0.2, -0.15) is 5.10 Å². The van der Waals surface area contributed by atoms with Gasteiger partial charge in [-0.15, -0.1) is 11.3 Å². The first kappa shape index (κ1) is 15.5. The number of anilines is 1. The Labute approximate surface area is 129 Å². The minimum Gasteiger partial charge on any atom is -0.494 e. The number of aryl methyl sites for hydroxylation is 1. The Hall–Kier alpha value is -1.88. The molecule has 0 aliphatic rings. The fourth-order valence-corrected chi connectivity index (χ4v) is 2.43. The van der Waals surface area contributed by atoms with Gasteiger partial charge in [0.2, 0.25) is 5.13 Å². The van der Waals surface area contributed by atoms with Crippen molar-refractivity contribution in [2.45, 2.75) is 33.1 Å². The highest BCUT2D eigenvalue weighted by Crippen LogP contribution is 2.15. The van der Waals surface area contributed by atoms with E-state index in [9.17, 15) is 0 Å². The second-order valence-corrected chi connectivity index (χ2v) is 5.65. The van der Waals surface area contributed by atoms with E-state index in [2.05, 4.69) is 22.4 Å². The summed E-state index contributed by atoms with van der Waals surface area (Å²) in [5, 5.41) is 6.98. The van der Waals surface area contributed by atoms with Crippen molar-refractivity contribution in [3.63, 3.8) is 0 Å². The molecule has 21 heavy (non-hydrogen) atoms. The average molecular weight is 303 g/mol. The van der Waals surface area contributed by atoms with E-state index in [4.69, 9.17) is 4.74 Å². The molecule has 0 bridgehead atoms. The minimum atomic E-state index is 0.769. The molecule has 0 unspecified atom stereocenters. The lowest BCUT2D eigenvalue weighted by molar-refractivity contribution is 0.306. The number of ether oxygens (including phenoxy) is 1. The van der Waals surface area contributed by atoms with Crippen LogP contribution < -0.4 is 10.2 Å². The zero-order chi connectivity index (χ0) is 14.9. The smallest absolute Gasteiger partial charge is 0.203 e. The normalized spacial score (nSPS) is 11.0. The first-order chi connectivity index (χ1) is 10.3. The molecule has 0 atom stereocenters. The highest BCUT2D eigenvalue weighted by Gasteiger charge is 1.97. The van der Waals surface area contributed by atoms with Crippen molar-refractivity contribution in [3.05, 3.63) is 40.9 Å². The Bertz CT molecular complexity index is 580. The van der Waals surface area contributed by atoms with Gasteiger partial charge >= 0.3 is 0 Å². The first-order valence-electron chi connectivity index (χ1n) is 7.22. The Balaban J connectivity index is 1.85. The average Bonchev–Trinajstić information content (AvgIpc) is 2.90. The summed E-state index contributed by atoms with van der Waals surface area (Å²) >= 11 is 1.54. The Morgan fingerprint density at radius 1 is 1.38 bits per heavy atom. The number of benzene rings is 1. The maximum absolute atomic E-state index is 5.72. The minimum absolute atomic E-state index is 0.769. The van der Waals surface area contributed by atoms with E-state index in [1.54, 1.807) is 17.6 Å². The Morgan fingerprint density at radius 2 is 2.29 bits per heavy atom. The fraction of sp³-hybridized carbons (Fsp3) is 0.375. The SMILES string of the molecule is CCCCCOc1cccc(C=NNc2nc(C)cs2)c1. The zero-order valence-corrected chi connectivity index (χ0v) is 13.3. The van der Waals surface area contributed by atoms with Gasteiger partial charge in [-0.25, -0.2) is 4.98 Å². The lowest BCUT2D eigenvalue weighted by atomic mass is 10.2. The number of unbranched alkanes of at least 4 members (excludes halogenated alkanes) is 2. The van der Waals surface area contributed by atoms with Gasteiger partial charge in [-0.3, -0.25) is 5.43 Å². The van der Waals surface area contributed by atoms with Crippen molar-refractivity contribution in [2.24, 2.45) is 5.10 Å². The highest BCUT2D eigenvalue weighted by atomic mass is 32.1. The molecule has 0 radical (unpaired) electrons. The molecule has 0 amide bonds. The molecule has 2 rings (SSSR count). The van der Waals surface area contributed by atoms with Crippen LogP contribution in [0, 0.1) is 6.92 Å². The van der Waals surface area contributed by atoms with Crippen LogP contribution in [-0.2, 0) is 0 Å². The molecular weight excluding hydrogens is 282 g/mol. The monoisotopic (exact) mass is 303 g/mol. The highest BCUT2D eigenvalue weighted by molar-refractivity contribution is 7.13. The van der Waals surface area contributed by atoms with E-state index in [-0.39, 0.29) is 0 Å². The van der Waals surface area contributed by atoms with Crippen molar-refractivity contribution in [3.8, 4) is 5.75 Å². The van der Waals surface area contributed by atoms with Crippen LogP contribution in [0.5, 0.6) is 5.75 Å². The third-order valence-corrected chi connectivity index (χ3v) is 3.73. The van der Waals surface area contributed by atoms with E-state index in [0.717, 1.165) is 35.2 Å². The van der Waals surface area contributed by atoms with Gasteiger partial charge in [0.15, 0.2) is 0 Å². The molecule has 0 aliphatic carbocycles. The maximum atomic E-state index is 5.72. The predicted octanol–water partition coefficient (Wildman–Crippen LogP) is 4.47. The van der Waals surface area contributed by atoms with Crippen molar-refractivity contribution < 1.29 is 4.74 Å². The van der Waals surface area contributed by atoms with Crippen LogP contribution in [0.15, 0.2) is 34.7 Å². The number of nitrogens with one attached hydrogen (secondary N) is 1. The second-order valence-electron chi connectivity index (χ2n) is 4.79. The van der Waals surface area contributed by atoms with Gasteiger partial charge in [0.25, 0.3) is 0 Å². The van der Waals surface area contributed by atoms with Gasteiger partial charge in [0, 0.05) is 5.38 Å². The van der Waals surface area contributed by atoms with Crippen LogP contribution in [0.4, 0.5) is 5.13 Å². The number of hydrogen-bond acceptors (Lipinski definition) is 5. The van der Waals surface area contributed by atoms with E-state index in [1.165, 1.54) is 12.8 Å². The molecule has 112 valence electrons. The number of rotatable bonds is 8. The quantitative estimate of drug-likeness (QED) is 0.445. The topological polar surface area (TPSA) is 46.5 Å². The number of aromatic nitrogens is 1. The standard InChI is InChI=1S/C16H21N3OS/c1-3-4-5-9-20-15-8-6-7-14(10-15)11-17-19-16-18-13(2)12-21-16/h6-8,10-12H,3-5,9H2,1-2H3,(H,18,19). The molecule has 5 heteroatoms. The van der Waals surface area contributed by atoms with Crippen LogP contribution in [0.25, 0.3) is 0 Å². The molecule has 0 saturated carbocycles. The Morgan fingerprint density at radius 3 is 3.05 bits per heavy atom. The summed E-state index contributed by atoms with van der Waals surface area (Å²) in [6.45, 7) is 4.92. The summed E-state index contributed by atoms with van der Waals surface area (Å²) in [5.41, 5.74) is 4.93.